The van der Waals surface area contributed by atoms with Gasteiger partial charge in [0.15, 0.2) is 0 Å². The van der Waals surface area contributed by atoms with Gasteiger partial charge in [0.05, 0.1) is 6.61 Å². The summed E-state index contributed by atoms with van der Waals surface area (Å²) in [6.07, 6.45) is 10.9. The third-order valence-electron chi connectivity index (χ3n) is 3.48. The van der Waals surface area contributed by atoms with Gasteiger partial charge in [-0.2, -0.15) is 0 Å². The standard InChI is InChI=1S/C19H31O2/c1-2-3-4-5-11-16-20-17-12-6-7-13-18-21-19-14-9-8-10-15-19/h8-10,14-15H,1-7,11-13,16-18H2. The van der Waals surface area contributed by atoms with E-state index in [-0.39, 0.29) is 0 Å². The Morgan fingerprint density at radius 1 is 0.667 bits per heavy atom. The summed E-state index contributed by atoms with van der Waals surface area (Å²) in [5, 5.41) is 0. The van der Waals surface area contributed by atoms with Crippen molar-refractivity contribution < 1.29 is 9.47 Å². The molecule has 1 aromatic carbocycles. The molecule has 1 aromatic rings. The number of para-hydroxylation sites is 1. The maximum atomic E-state index is 5.66. The molecule has 0 fully saturated rings. The van der Waals surface area contributed by atoms with E-state index in [9.17, 15) is 0 Å². The SMILES string of the molecule is [CH2]CCCCCCOCCCCCCOc1ccccc1. The first-order valence-corrected chi connectivity index (χ1v) is 8.48. The van der Waals surface area contributed by atoms with Gasteiger partial charge in [-0.05, 0) is 37.8 Å². The van der Waals surface area contributed by atoms with Gasteiger partial charge >= 0.3 is 0 Å². The summed E-state index contributed by atoms with van der Waals surface area (Å²) in [6, 6.07) is 10.0. The first-order chi connectivity index (χ1) is 10.4. The Hall–Kier alpha value is -1.02. The molecule has 0 saturated heterocycles. The predicted octanol–water partition coefficient (Wildman–Crippen LogP) is 5.43. The second-order valence-electron chi connectivity index (χ2n) is 5.46. The van der Waals surface area contributed by atoms with Crippen LogP contribution in [0, 0.1) is 6.92 Å². The molecule has 0 aliphatic heterocycles. The van der Waals surface area contributed by atoms with Crippen LogP contribution in [-0.2, 0) is 4.74 Å². The number of ether oxygens (including phenoxy) is 2. The molecule has 0 bridgehead atoms. The molecule has 0 atom stereocenters. The van der Waals surface area contributed by atoms with Crippen molar-refractivity contribution in [3.05, 3.63) is 37.3 Å². The lowest BCUT2D eigenvalue weighted by atomic mass is 10.2. The van der Waals surface area contributed by atoms with Gasteiger partial charge in [-0.3, -0.25) is 0 Å². The molecule has 119 valence electrons. The van der Waals surface area contributed by atoms with E-state index in [1.54, 1.807) is 0 Å². The summed E-state index contributed by atoms with van der Waals surface area (Å²) in [5.74, 6) is 0.972. The normalized spacial score (nSPS) is 10.7. The zero-order valence-corrected chi connectivity index (χ0v) is 13.4. The van der Waals surface area contributed by atoms with Crippen LogP contribution < -0.4 is 4.74 Å². The number of hydrogen-bond acceptors (Lipinski definition) is 2. The molecule has 21 heavy (non-hydrogen) atoms. The van der Waals surface area contributed by atoms with Crippen LogP contribution in [0.5, 0.6) is 5.75 Å². The summed E-state index contributed by atoms with van der Waals surface area (Å²) in [6.45, 7) is 6.50. The summed E-state index contributed by atoms with van der Waals surface area (Å²) in [7, 11) is 0. The maximum absolute atomic E-state index is 5.66. The molecule has 0 unspecified atom stereocenters. The number of hydrogen-bond donors (Lipinski definition) is 0. The van der Waals surface area contributed by atoms with Crippen LogP contribution in [0.25, 0.3) is 0 Å². The molecular formula is C19H31O2. The number of benzene rings is 1. The molecule has 0 aromatic heterocycles. The second kappa shape index (κ2) is 13.9. The fraction of sp³-hybridized carbons (Fsp3) is 0.632. The van der Waals surface area contributed by atoms with Crippen molar-refractivity contribution in [3.8, 4) is 5.75 Å². The van der Waals surface area contributed by atoms with Crippen molar-refractivity contribution in [2.24, 2.45) is 0 Å². The van der Waals surface area contributed by atoms with Crippen LogP contribution in [0.1, 0.15) is 57.8 Å². The highest BCUT2D eigenvalue weighted by Gasteiger charge is 1.94. The molecular weight excluding hydrogens is 260 g/mol. The zero-order valence-electron chi connectivity index (χ0n) is 13.4. The van der Waals surface area contributed by atoms with Crippen molar-refractivity contribution >= 4 is 0 Å². The molecule has 0 N–H and O–H groups in total. The summed E-state index contributed by atoms with van der Waals surface area (Å²) in [5.41, 5.74) is 0. The van der Waals surface area contributed by atoms with E-state index in [2.05, 4.69) is 6.92 Å². The maximum Gasteiger partial charge on any atom is 0.119 e. The topological polar surface area (TPSA) is 18.5 Å². The van der Waals surface area contributed by atoms with Gasteiger partial charge in [-0.1, -0.05) is 57.2 Å². The third kappa shape index (κ3) is 11.3. The van der Waals surface area contributed by atoms with E-state index in [0.29, 0.717) is 0 Å². The van der Waals surface area contributed by atoms with Crippen LogP contribution in [0.4, 0.5) is 0 Å². The molecule has 0 aliphatic rings. The fourth-order valence-electron chi connectivity index (χ4n) is 2.20. The van der Waals surface area contributed by atoms with Crippen molar-refractivity contribution in [1.82, 2.24) is 0 Å². The van der Waals surface area contributed by atoms with Gasteiger partial charge in [-0.25, -0.2) is 0 Å². The summed E-state index contributed by atoms with van der Waals surface area (Å²) in [4.78, 5) is 0. The van der Waals surface area contributed by atoms with E-state index in [1.807, 2.05) is 30.3 Å². The monoisotopic (exact) mass is 291 g/mol. The van der Waals surface area contributed by atoms with Crippen LogP contribution in [0.3, 0.4) is 0 Å². The van der Waals surface area contributed by atoms with Gasteiger partial charge in [-0.15, -0.1) is 0 Å². The van der Waals surface area contributed by atoms with Crippen molar-refractivity contribution in [2.45, 2.75) is 57.8 Å². The summed E-state index contributed by atoms with van der Waals surface area (Å²) >= 11 is 0. The Morgan fingerprint density at radius 3 is 1.86 bits per heavy atom. The van der Waals surface area contributed by atoms with Gasteiger partial charge in [0, 0.05) is 13.2 Å². The highest BCUT2D eigenvalue weighted by atomic mass is 16.5. The van der Waals surface area contributed by atoms with E-state index < -0.39 is 0 Å². The van der Waals surface area contributed by atoms with Crippen molar-refractivity contribution in [1.29, 1.82) is 0 Å². The van der Waals surface area contributed by atoms with Crippen LogP contribution in [-0.4, -0.2) is 19.8 Å². The largest absolute Gasteiger partial charge is 0.494 e. The van der Waals surface area contributed by atoms with E-state index in [0.717, 1.165) is 38.4 Å². The van der Waals surface area contributed by atoms with Gasteiger partial charge in [0.1, 0.15) is 5.75 Å². The first kappa shape index (κ1) is 18.0. The first-order valence-electron chi connectivity index (χ1n) is 8.48. The second-order valence-corrected chi connectivity index (χ2v) is 5.46. The number of unbranched alkanes of at least 4 members (excludes halogenated alkanes) is 7. The molecule has 1 radical (unpaired) electrons. The Labute approximate surface area is 130 Å². The van der Waals surface area contributed by atoms with Crippen molar-refractivity contribution in [2.75, 3.05) is 19.8 Å². The Kier molecular flexibility index (Phi) is 12.0. The average molecular weight is 291 g/mol. The van der Waals surface area contributed by atoms with E-state index in [1.165, 1.54) is 44.9 Å². The Morgan fingerprint density at radius 2 is 1.24 bits per heavy atom. The molecule has 1 rings (SSSR count). The molecule has 0 saturated carbocycles. The van der Waals surface area contributed by atoms with Crippen LogP contribution in [0.2, 0.25) is 0 Å². The lowest BCUT2D eigenvalue weighted by Crippen LogP contribution is -1.99. The smallest absolute Gasteiger partial charge is 0.119 e. The lowest BCUT2D eigenvalue weighted by Gasteiger charge is -2.06. The van der Waals surface area contributed by atoms with Crippen LogP contribution in [0.15, 0.2) is 30.3 Å². The Bertz CT molecular complexity index is 311. The van der Waals surface area contributed by atoms with Gasteiger partial charge in [0.2, 0.25) is 0 Å². The lowest BCUT2D eigenvalue weighted by molar-refractivity contribution is 0.125. The van der Waals surface area contributed by atoms with Crippen molar-refractivity contribution in [3.63, 3.8) is 0 Å². The molecule has 0 amide bonds. The molecule has 0 aliphatic carbocycles. The van der Waals surface area contributed by atoms with Gasteiger partial charge in [0.25, 0.3) is 0 Å². The Balaban J connectivity index is 1.75. The minimum absolute atomic E-state index is 0.817. The molecule has 2 heteroatoms. The molecule has 0 heterocycles. The van der Waals surface area contributed by atoms with Gasteiger partial charge < -0.3 is 9.47 Å². The predicted molar refractivity (Wildman–Crippen MR) is 89.7 cm³/mol. The minimum Gasteiger partial charge on any atom is -0.494 e. The zero-order chi connectivity index (χ0) is 15.0. The highest BCUT2D eigenvalue weighted by Crippen LogP contribution is 2.09. The third-order valence-corrected chi connectivity index (χ3v) is 3.48. The average Bonchev–Trinajstić information content (AvgIpc) is 2.53. The highest BCUT2D eigenvalue weighted by molar-refractivity contribution is 5.20. The quantitative estimate of drug-likeness (QED) is 0.426. The summed E-state index contributed by atoms with van der Waals surface area (Å²) < 4.78 is 11.3. The van der Waals surface area contributed by atoms with E-state index >= 15 is 0 Å². The molecule has 2 nitrogen and oxygen atoms in total. The number of rotatable bonds is 14. The fourth-order valence-corrected chi connectivity index (χ4v) is 2.20. The van der Waals surface area contributed by atoms with E-state index in [4.69, 9.17) is 9.47 Å². The minimum atomic E-state index is 0.817. The molecule has 0 spiro atoms. The van der Waals surface area contributed by atoms with Crippen LogP contribution >= 0.6 is 0 Å².